The first-order valence-electron chi connectivity index (χ1n) is 21.3. The molecule has 0 heterocycles. The van der Waals surface area contributed by atoms with Crippen molar-refractivity contribution in [2.45, 2.75) is 121 Å². The van der Waals surface area contributed by atoms with E-state index in [1.165, 1.54) is 11.8 Å². The minimum atomic E-state index is -1.23. The standard InChI is InChI=1S/C43H70N12O7S/c1-26-22-29(56)23-27(2)30(26)25-36(54-38(58)31(46)14-11-20-50-43(48)49)42(62)53-34(16-8-10-19-45)40(60)55-35(24-28-12-5-4-6-13-28)41(61)52-33(15-7-9-18-44)39(59)51-32(37(47)57)17-21-63-3/h4-6,12-13,22-23,31-36,56H,7-11,14-21,24-25,44-46H2,1-3H3,(H2,47,57)(H,51,59)(H,52,61)(H,53,62)(H,54,58)(H,55,60)(H4,48,49,50)/t31-,32+,33+,34+,35+,36+/m1/s1. The number of nitrogens with one attached hydrogen (secondary N) is 5. The Morgan fingerprint density at radius 1 is 0.635 bits per heavy atom. The number of carbonyl (C=O) groups is 6. The number of aromatic hydroxyl groups is 1. The molecule has 6 amide bonds. The van der Waals surface area contributed by atoms with Gasteiger partial charge in [-0.3, -0.25) is 33.8 Å². The number of primary amides is 1. The fraction of sp³-hybridized carbons (Fsp3) is 0.558. The summed E-state index contributed by atoms with van der Waals surface area (Å²) in [5.41, 5.74) is 36.9. The van der Waals surface area contributed by atoms with Gasteiger partial charge in [-0.15, -0.1) is 0 Å². The van der Waals surface area contributed by atoms with E-state index in [2.05, 4.69) is 31.6 Å². The Balaban J connectivity index is 2.48. The number of benzene rings is 2. The highest BCUT2D eigenvalue weighted by atomic mass is 32.2. The van der Waals surface area contributed by atoms with E-state index in [0.717, 1.165) is 0 Å². The van der Waals surface area contributed by atoms with Crippen LogP contribution in [0.1, 0.15) is 80.0 Å². The molecule has 0 bridgehead atoms. The van der Waals surface area contributed by atoms with Gasteiger partial charge in [0.05, 0.1) is 6.04 Å². The van der Waals surface area contributed by atoms with Crippen LogP contribution in [0.15, 0.2) is 47.5 Å². The summed E-state index contributed by atoms with van der Waals surface area (Å²) >= 11 is 1.49. The average molecular weight is 899 g/mol. The van der Waals surface area contributed by atoms with Crippen LogP contribution in [0.25, 0.3) is 0 Å². The average Bonchev–Trinajstić information content (AvgIpc) is 3.23. The molecule has 6 atom stereocenters. The maximum absolute atomic E-state index is 14.3. The van der Waals surface area contributed by atoms with Crippen molar-refractivity contribution in [2.75, 3.05) is 31.6 Å². The molecule has 0 aliphatic heterocycles. The molecule has 0 aliphatic carbocycles. The number of unbranched alkanes of at least 4 members (excludes halogenated alkanes) is 2. The first-order valence-corrected chi connectivity index (χ1v) is 22.7. The van der Waals surface area contributed by atoms with Crippen molar-refractivity contribution in [3.63, 3.8) is 0 Å². The van der Waals surface area contributed by atoms with E-state index in [1.54, 1.807) is 56.3 Å². The summed E-state index contributed by atoms with van der Waals surface area (Å²) in [5.74, 6) is -3.49. The molecule has 18 N–H and O–H groups in total. The number of hydrogen-bond donors (Lipinski definition) is 12. The van der Waals surface area contributed by atoms with Gasteiger partial charge in [0.2, 0.25) is 35.4 Å². The highest BCUT2D eigenvalue weighted by Crippen LogP contribution is 2.22. The predicted octanol–water partition coefficient (Wildman–Crippen LogP) is -0.904. The van der Waals surface area contributed by atoms with Crippen LogP contribution in [0.5, 0.6) is 5.75 Å². The van der Waals surface area contributed by atoms with Gasteiger partial charge in [-0.2, -0.15) is 11.8 Å². The van der Waals surface area contributed by atoms with Crippen LogP contribution in [0.4, 0.5) is 0 Å². The lowest BCUT2D eigenvalue weighted by molar-refractivity contribution is -0.135. The maximum Gasteiger partial charge on any atom is 0.243 e. The lowest BCUT2D eigenvalue weighted by Gasteiger charge is -2.28. The molecule has 0 unspecified atom stereocenters. The summed E-state index contributed by atoms with van der Waals surface area (Å²) in [7, 11) is 0. The molecule has 0 saturated heterocycles. The fourth-order valence-corrected chi connectivity index (χ4v) is 7.30. The first kappa shape index (κ1) is 53.7. The molecule has 0 aliphatic rings. The summed E-state index contributed by atoms with van der Waals surface area (Å²) in [5, 5.41) is 24.0. The van der Waals surface area contributed by atoms with E-state index in [1.807, 2.05) is 6.26 Å². The number of nitrogens with two attached hydrogens (primary N) is 6. The summed E-state index contributed by atoms with van der Waals surface area (Å²) in [6, 6.07) is 5.33. The molecule has 2 rings (SSSR count). The summed E-state index contributed by atoms with van der Waals surface area (Å²) < 4.78 is 0. The third-order valence-corrected chi connectivity index (χ3v) is 11.0. The Bertz CT molecular complexity index is 1790. The third-order valence-electron chi connectivity index (χ3n) is 10.4. The van der Waals surface area contributed by atoms with Gasteiger partial charge in [-0.1, -0.05) is 30.3 Å². The number of phenols is 1. The van der Waals surface area contributed by atoms with Crippen LogP contribution in [0.3, 0.4) is 0 Å². The highest BCUT2D eigenvalue weighted by molar-refractivity contribution is 7.98. The van der Waals surface area contributed by atoms with E-state index in [9.17, 15) is 33.9 Å². The van der Waals surface area contributed by atoms with Gasteiger partial charge >= 0.3 is 0 Å². The Morgan fingerprint density at radius 2 is 1.11 bits per heavy atom. The van der Waals surface area contributed by atoms with E-state index >= 15 is 0 Å². The molecule has 19 nitrogen and oxygen atoms in total. The first-order chi connectivity index (χ1) is 30.0. The van der Waals surface area contributed by atoms with E-state index < -0.39 is 71.7 Å². The zero-order valence-electron chi connectivity index (χ0n) is 36.8. The van der Waals surface area contributed by atoms with Crippen molar-refractivity contribution in [1.82, 2.24) is 26.6 Å². The number of carbonyl (C=O) groups excluding carboxylic acids is 6. The molecule has 0 saturated carbocycles. The highest BCUT2D eigenvalue weighted by Gasteiger charge is 2.33. The van der Waals surface area contributed by atoms with Crippen molar-refractivity contribution in [3.05, 3.63) is 64.7 Å². The minimum absolute atomic E-state index is 0.00603. The van der Waals surface area contributed by atoms with Crippen LogP contribution in [0, 0.1) is 13.8 Å². The van der Waals surface area contributed by atoms with E-state index in [0.29, 0.717) is 79.6 Å². The number of aliphatic imine (C=N–C) groups is 1. The summed E-state index contributed by atoms with van der Waals surface area (Å²) in [6.07, 6.45) is 5.11. The number of amides is 6. The van der Waals surface area contributed by atoms with Crippen molar-refractivity contribution in [3.8, 4) is 5.75 Å². The molecule has 350 valence electrons. The van der Waals surface area contributed by atoms with E-state index in [4.69, 9.17) is 34.4 Å². The lowest BCUT2D eigenvalue weighted by Crippen LogP contribution is -2.60. The number of phenolic OH excluding ortho intramolecular Hbond substituents is 1. The van der Waals surface area contributed by atoms with Gasteiger partial charge in [0.15, 0.2) is 5.96 Å². The number of nitrogens with zero attached hydrogens (tertiary/aromatic N) is 1. The number of guanidine groups is 1. The van der Waals surface area contributed by atoms with Crippen molar-refractivity contribution in [1.29, 1.82) is 0 Å². The molecular weight excluding hydrogens is 829 g/mol. The molecule has 0 aromatic heterocycles. The largest absolute Gasteiger partial charge is 0.508 e. The zero-order chi connectivity index (χ0) is 46.9. The van der Waals surface area contributed by atoms with Gasteiger partial charge in [0.25, 0.3) is 0 Å². The number of aryl methyl sites for hydroxylation is 2. The van der Waals surface area contributed by atoms with Gasteiger partial charge in [-0.05, 0) is 131 Å². The van der Waals surface area contributed by atoms with Gasteiger partial charge < -0.3 is 66.1 Å². The van der Waals surface area contributed by atoms with Crippen molar-refractivity contribution in [2.24, 2.45) is 39.4 Å². The van der Waals surface area contributed by atoms with Gasteiger partial charge in [0, 0.05) is 19.4 Å². The quantitative estimate of drug-likeness (QED) is 0.0257. The summed E-state index contributed by atoms with van der Waals surface area (Å²) in [6.45, 7) is 4.46. The van der Waals surface area contributed by atoms with Crippen LogP contribution < -0.4 is 61.0 Å². The van der Waals surface area contributed by atoms with Gasteiger partial charge in [0.1, 0.15) is 36.0 Å². The van der Waals surface area contributed by atoms with Gasteiger partial charge in [-0.25, -0.2) is 0 Å². The maximum atomic E-state index is 14.3. The zero-order valence-corrected chi connectivity index (χ0v) is 37.6. The van der Waals surface area contributed by atoms with E-state index in [-0.39, 0.29) is 50.4 Å². The van der Waals surface area contributed by atoms with Crippen molar-refractivity contribution >= 4 is 53.2 Å². The monoisotopic (exact) mass is 899 g/mol. The molecule has 0 spiro atoms. The molecule has 0 fully saturated rings. The number of hydrogen-bond acceptors (Lipinski definition) is 12. The second-order valence-corrected chi connectivity index (χ2v) is 16.6. The smallest absolute Gasteiger partial charge is 0.243 e. The normalized spacial score (nSPS) is 13.9. The lowest BCUT2D eigenvalue weighted by atomic mass is 9.95. The second-order valence-electron chi connectivity index (χ2n) is 15.6. The summed E-state index contributed by atoms with van der Waals surface area (Å²) in [4.78, 5) is 86.0. The van der Waals surface area contributed by atoms with Crippen LogP contribution >= 0.6 is 11.8 Å². The van der Waals surface area contributed by atoms with Crippen LogP contribution in [-0.2, 0) is 41.6 Å². The van der Waals surface area contributed by atoms with Crippen LogP contribution in [-0.4, -0.2) is 114 Å². The SMILES string of the molecule is CSCC[C@H](NC(=O)[C@H](CCCCN)NC(=O)[C@H](Cc1ccccc1)NC(=O)[C@H](CCCCN)NC(=O)[C@H](Cc1c(C)cc(O)cc1C)NC(=O)[C@H](N)CCCN=C(N)N)C(N)=O. The Hall–Kier alpha value is -5.44. The molecule has 63 heavy (non-hydrogen) atoms. The molecule has 20 heteroatoms. The molecule has 0 radical (unpaired) electrons. The Kier molecular flexibility index (Phi) is 24.7. The molecule has 2 aromatic rings. The Labute approximate surface area is 374 Å². The third kappa shape index (κ3) is 20.1. The molecular formula is C43H70N12O7S. The topological polar surface area (TPSA) is 351 Å². The Morgan fingerprint density at radius 3 is 1.60 bits per heavy atom. The van der Waals surface area contributed by atoms with Crippen LogP contribution in [0.2, 0.25) is 0 Å². The number of thioether (sulfide) groups is 1. The molecule has 2 aromatic carbocycles. The fourth-order valence-electron chi connectivity index (χ4n) is 6.83. The minimum Gasteiger partial charge on any atom is -0.508 e. The predicted molar refractivity (Wildman–Crippen MR) is 247 cm³/mol. The van der Waals surface area contributed by atoms with Crippen molar-refractivity contribution < 1.29 is 33.9 Å². The number of rotatable bonds is 30. The second kappa shape index (κ2) is 29.0.